The number of aliphatic hydroxyl groups is 1. The minimum atomic E-state index is -0.830. The summed E-state index contributed by atoms with van der Waals surface area (Å²) >= 11 is 0. The Balaban J connectivity index is 1.76. The molecule has 2 aliphatic heterocycles. The summed E-state index contributed by atoms with van der Waals surface area (Å²) in [6, 6.07) is 10.0. The maximum absolute atomic E-state index is 12.3. The van der Waals surface area contributed by atoms with Crippen LogP contribution in [0.4, 0.5) is 5.69 Å². The van der Waals surface area contributed by atoms with Crippen molar-refractivity contribution < 1.29 is 19.4 Å². The number of nitrogens with zero attached hydrogens (tertiary/aromatic N) is 3. The van der Waals surface area contributed by atoms with Crippen LogP contribution in [0.1, 0.15) is 12.8 Å². The Hall–Kier alpha value is -2.12. The van der Waals surface area contributed by atoms with Gasteiger partial charge in [0.25, 0.3) is 6.02 Å². The van der Waals surface area contributed by atoms with Crippen LogP contribution in [0.25, 0.3) is 0 Å². The highest BCUT2D eigenvalue weighted by Gasteiger charge is 2.52. The number of aliphatic imine (C=N–C) groups is 1. The fourth-order valence-electron chi connectivity index (χ4n) is 3.35. The number of carbonyl (C=O) groups excluding carboxylic acids is 1. The first kappa shape index (κ1) is 17.7. The van der Waals surface area contributed by atoms with Crippen LogP contribution in [0, 0.1) is 0 Å². The molecule has 0 saturated carbocycles. The molecule has 2 aliphatic rings. The van der Waals surface area contributed by atoms with Crippen molar-refractivity contribution >= 4 is 17.6 Å². The van der Waals surface area contributed by atoms with Crippen LogP contribution in [-0.4, -0.2) is 78.9 Å². The molecule has 2 atom stereocenters. The Bertz CT molecular complexity index is 636. The van der Waals surface area contributed by atoms with Crippen molar-refractivity contribution in [1.82, 2.24) is 9.80 Å². The number of hydrogen-bond donors (Lipinski definition) is 1. The SMILES string of the molecule is COCCC(=O)N1CC[C@H](O)[C@]2(CN(C)C(=Nc3ccccc3)O2)C1. The van der Waals surface area contributed by atoms with Gasteiger partial charge in [0.1, 0.15) is 0 Å². The summed E-state index contributed by atoms with van der Waals surface area (Å²) in [6.07, 6.45) is 0.194. The molecule has 2 heterocycles. The Kier molecular flexibility index (Phi) is 5.24. The number of likely N-dealkylation sites (N-methyl/N-ethyl adjacent to an activating group) is 1. The Morgan fingerprint density at radius 2 is 2.16 bits per heavy atom. The van der Waals surface area contributed by atoms with Gasteiger partial charge in [-0.05, 0) is 18.6 Å². The van der Waals surface area contributed by atoms with Crippen molar-refractivity contribution in [3.05, 3.63) is 30.3 Å². The summed E-state index contributed by atoms with van der Waals surface area (Å²) in [4.78, 5) is 20.5. The lowest BCUT2D eigenvalue weighted by molar-refractivity contribution is -0.145. The summed E-state index contributed by atoms with van der Waals surface area (Å²) in [7, 11) is 3.46. The maximum atomic E-state index is 12.3. The summed E-state index contributed by atoms with van der Waals surface area (Å²) in [6.45, 7) is 1.78. The van der Waals surface area contributed by atoms with Crippen LogP contribution < -0.4 is 0 Å². The average molecular weight is 347 g/mol. The van der Waals surface area contributed by atoms with E-state index in [1.54, 1.807) is 12.0 Å². The number of ether oxygens (including phenoxy) is 2. The second-order valence-electron chi connectivity index (χ2n) is 6.62. The summed E-state index contributed by atoms with van der Waals surface area (Å²) in [5.41, 5.74) is -0.0386. The quantitative estimate of drug-likeness (QED) is 0.880. The third-order valence-electron chi connectivity index (χ3n) is 4.72. The molecular formula is C18H25N3O4. The molecule has 1 aromatic carbocycles. The van der Waals surface area contributed by atoms with E-state index < -0.39 is 11.7 Å². The largest absolute Gasteiger partial charge is 0.452 e. The molecule has 0 aromatic heterocycles. The minimum absolute atomic E-state index is 0.0211. The fraction of sp³-hybridized carbons (Fsp3) is 0.556. The van der Waals surface area contributed by atoms with E-state index in [0.29, 0.717) is 45.1 Å². The van der Waals surface area contributed by atoms with E-state index in [1.807, 2.05) is 42.3 Å². The number of piperidine rings is 1. The van der Waals surface area contributed by atoms with Gasteiger partial charge in [-0.1, -0.05) is 18.2 Å². The first-order valence-electron chi connectivity index (χ1n) is 8.53. The molecule has 0 bridgehead atoms. The van der Waals surface area contributed by atoms with Crippen LogP contribution in [0.5, 0.6) is 0 Å². The number of rotatable bonds is 4. The number of likely N-dealkylation sites (tertiary alicyclic amines) is 1. The van der Waals surface area contributed by atoms with Gasteiger partial charge in [-0.2, -0.15) is 4.99 Å². The molecular weight excluding hydrogens is 322 g/mol. The number of hydrogen-bond acceptors (Lipinski definition) is 5. The molecule has 136 valence electrons. The number of para-hydroxylation sites is 1. The van der Waals surface area contributed by atoms with E-state index >= 15 is 0 Å². The summed E-state index contributed by atoms with van der Waals surface area (Å²) in [5.74, 6) is 0.0211. The van der Waals surface area contributed by atoms with E-state index in [4.69, 9.17) is 9.47 Å². The van der Waals surface area contributed by atoms with Crippen molar-refractivity contribution in [2.24, 2.45) is 4.99 Å². The third kappa shape index (κ3) is 3.77. The first-order chi connectivity index (χ1) is 12.0. The van der Waals surface area contributed by atoms with Gasteiger partial charge >= 0.3 is 0 Å². The zero-order valence-electron chi connectivity index (χ0n) is 14.7. The molecule has 2 saturated heterocycles. The summed E-state index contributed by atoms with van der Waals surface area (Å²) < 4.78 is 11.1. The van der Waals surface area contributed by atoms with Gasteiger partial charge in [-0.3, -0.25) is 4.79 Å². The van der Waals surface area contributed by atoms with Crippen molar-refractivity contribution in [3.63, 3.8) is 0 Å². The number of amidine groups is 1. The topological polar surface area (TPSA) is 74.6 Å². The zero-order valence-corrected chi connectivity index (χ0v) is 14.7. The van der Waals surface area contributed by atoms with Crippen LogP contribution in [0.3, 0.4) is 0 Å². The molecule has 1 aromatic rings. The van der Waals surface area contributed by atoms with Crippen molar-refractivity contribution in [2.45, 2.75) is 24.5 Å². The highest BCUT2D eigenvalue weighted by atomic mass is 16.6. The van der Waals surface area contributed by atoms with E-state index in [2.05, 4.69) is 4.99 Å². The molecule has 25 heavy (non-hydrogen) atoms. The van der Waals surface area contributed by atoms with Gasteiger partial charge in [0.05, 0.1) is 37.9 Å². The van der Waals surface area contributed by atoms with Crippen molar-refractivity contribution in [1.29, 1.82) is 0 Å². The lowest BCUT2D eigenvalue weighted by Crippen LogP contribution is -2.60. The average Bonchev–Trinajstić information content (AvgIpc) is 2.92. The van der Waals surface area contributed by atoms with Crippen LogP contribution >= 0.6 is 0 Å². The highest BCUT2D eigenvalue weighted by molar-refractivity contribution is 5.80. The Labute approximate surface area is 147 Å². The predicted molar refractivity (Wildman–Crippen MR) is 93.7 cm³/mol. The Morgan fingerprint density at radius 3 is 2.88 bits per heavy atom. The molecule has 2 fully saturated rings. The molecule has 1 spiro atoms. The molecule has 1 N–H and O–H groups in total. The van der Waals surface area contributed by atoms with Gasteiger partial charge in [-0.25, -0.2) is 0 Å². The molecule has 3 rings (SSSR count). The fourth-order valence-corrected chi connectivity index (χ4v) is 3.35. The third-order valence-corrected chi connectivity index (χ3v) is 4.72. The molecule has 7 heteroatoms. The maximum Gasteiger partial charge on any atom is 0.293 e. The van der Waals surface area contributed by atoms with Crippen molar-refractivity contribution in [2.75, 3.05) is 40.4 Å². The lowest BCUT2D eigenvalue weighted by atomic mass is 9.89. The standard InChI is InChI=1S/C18H25N3O4/c1-20-12-18(25-17(20)19-14-6-4-3-5-7-14)13-21(10-8-15(18)22)16(23)9-11-24-2/h3-7,15,22H,8-13H2,1-2H3/t15-,18-/m0/s1. The smallest absolute Gasteiger partial charge is 0.293 e. The second-order valence-corrected chi connectivity index (χ2v) is 6.62. The molecule has 1 amide bonds. The minimum Gasteiger partial charge on any atom is -0.452 e. The summed E-state index contributed by atoms with van der Waals surface area (Å²) in [5, 5.41) is 10.6. The first-order valence-corrected chi connectivity index (χ1v) is 8.53. The van der Waals surface area contributed by atoms with E-state index in [9.17, 15) is 9.90 Å². The van der Waals surface area contributed by atoms with E-state index in [1.165, 1.54) is 0 Å². The second kappa shape index (κ2) is 7.41. The van der Waals surface area contributed by atoms with Crippen LogP contribution in [0.15, 0.2) is 35.3 Å². The van der Waals surface area contributed by atoms with Gasteiger partial charge in [0.15, 0.2) is 5.60 Å². The highest BCUT2D eigenvalue weighted by Crippen LogP contribution is 2.33. The van der Waals surface area contributed by atoms with Crippen molar-refractivity contribution in [3.8, 4) is 0 Å². The van der Waals surface area contributed by atoms with E-state index in [-0.39, 0.29) is 5.91 Å². The predicted octanol–water partition coefficient (Wildman–Crippen LogP) is 1.00. The van der Waals surface area contributed by atoms with Crippen LogP contribution in [-0.2, 0) is 14.3 Å². The number of aliphatic hydroxyl groups excluding tert-OH is 1. The van der Waals surface area contributed by atoms with Gasteiger partial charge in [0.2, 0.25) is 5.91 Å². The van der Waals surface area contributed by atoms with Crippen LogP contribution in [0.2, 0.25) is 0 Å². The molecule has 0 unspecified atom stereocenters. The zero-order chi connectivity index (χ0) is 17.9. The molecule has 0 aliphatic carbocycles. The normalized spacial score (nSPS) is 27.8. The number of carbonyl (C=O) groups is 1. The van der Waals surface area contributed by atoms with Gasteiger partial charge < -0.3 is 24.4 Å². The molecule has 7 nitrogen and oxygen atoms in total. The molecule has 0 radical (unpaired) electrons. The number of methoxy groups -OCH3 is 1. The Morgan fingerprint density at radius 1 is 1.40 bits per heavy atom. The van der Waals surface area contributed by atoms with Gasteiger partial charge in [0, 0.05) is 20.7 Å². The van der Waals surface area contributed by atoms with E-state index in [0.717, 1.165) is 5.69 Å². The number of amides is 1. The van der Waals surface area contributed by atoms with Gasteiger partial charge in [-0.15, -0.1) is 0 Å². The number of benzene rings is 1. The lowest BCUT2D eigenvalue weighted by Gasteiger charge is -2.42. The monoisotopic (exact) mass is 347 g/mol.